The third-order valence-electron chi connectivity index (χ3n) is 4.83. The van der Waals surface area contributed by atoms with Crippen molar-refractivity contribution in [3.8, 4) is 11.5 Å². The van der Waals surface area contributed by atoms with E-state index in [0.29, 0.717) is 18.8 Å². The molecule has 156 valence electrons. The topological polar surface area (TPSA) is 122 Å². The lowest BCUT2D eigenvalue weighted by Gasteiger charge is -2.20. The smallest absolute Gasteiger partial charge is 0.294 e. The molecule has 0 bridgehead atoms. The maximum atomic E-state index is 12.9. The van der Waals surface area contributed by atoms with E-state index in [2.05, 4.69) is 5.32 Å². The summed E-state index contributed by atoms with van der Waals surface area (Å²) in [5, 5.41) is 24.3. The van der Waals surface area contributed by atoms with E-state index in [0.717, 1.165) is 31.7 Å². The van der Waals surface area contributed by atoms with E-state index in [1.807, 2.05) is 0 Å². The molecule has 1 fully saturated rings. The summed E-state index contributed by atoms with van der Waals surface area (Å²) in [5.41, 5.74) is 0.153. The Labute approximate surface area is 169 Å². The fraction of sp³-hybridized carbons (Fsp3) is 0.368. The van der Waals surface area contributed by atoms with Crippen LogP contribution in [-0.4, -0.2) is 43.0 Å². The standard InChI is InChI=1S/C19H23N3O6S/c1-28-19-9-6-14(12-18(19)23)20-16-8-7-15(13-17(16)22(24)25)29(26,27)21-10-4-2-3-5-11-21/h6-9,12-13,20,23H,2-5,10-11H2,1H3. The summed E-state index contributed by atoms with van der Waals surface area (Å²) in [5.74, 6) is 0.143. The number of phenols is 1. The summed E-state index contributed by atoms with van der Waals surface area (Å²) in [7, 11) is -2.39. The fourth-order valence-corrected chi connectivity index (χ4v) is 4.82. The molecular weight excluding hydrogens is 398 g/mol. The Morgan fingerprint density at radius 1 is 1.10 bits per heavy atom. The zero-order chi connectivity index (χ0) is 21.0. The number of methoxy groups -OCH3 is 1. The van der Waals surface area contributed by atoms with Gasteiger partial charge in [-0.3, -0.25) is 10.1 Å². The number of hydrogen-bond donors (Lipinski definition) is 2. The minimum absolute atomic E-state index is 0.103. The second kappa shape index (κ2) is 8.66. The molecule has 0 saturated carbocycles. The van der Waals surface area contributed by atoms with E-state index in [9.17, 15) is 23.6 Å². The van der Waals surface area contributed by atoms with Gasteiger partial charge in [-0.05, 0) is 37.1 Å². The van der Waals surface area contributed by atoms with Crippen LogP contribution in [0.15, 0.2) is 41.3 Å². The Hall–Kier alpha value is -2.85. The van der Waals surface area contributed by atoms with Gasteiger partial charge in [0.25, 0.3) is 5.69 Å². The number of rotatable bonds is 6. The van der Waals surface area contributed by atoms with Crippen molar-refractivity contribution in [1.29, 1.82) is 0 Å². The molecule has 0 spiro atoms. The first-order valence-electron chi connectivity index (χ1n) is 9.25. The van der Waals surface area contributed by atoms with Gasteiger partial charge in [0.15, 0.2) is 11.5 Å². The molecule has 0 radical (unpaired) electrons. The van der Waals surface area contributed by atoms with Crippen molar-refractivity contribution in [1.82, 2.24) is 4.31 Å². The minimum atomic E-state index is -3.80. The number of sulfonamides is 1. The van der Waals surface area contributed by atoms with Gasteiger partial charge in [-0.1, -0.05) is 12.8 Å². The second-order valence-electron chi connectivity index (χ2n) is 6.77. The molecule has 0 aliphatic carbocycles. The first-order chi connectivity index (χ1) is 13.8. The zero-order valence-electron chi connectivity index (χ0n) is 16.0. The molecule has 0 unspecified atom stereocenters. The van der Waals surface area contributed by atoms with Crippen LogP contribution in [0.3, 0.4) is 0 Å². The molecule has 3 rings (SSSR count). The largest absolute Gasteiger partial charge is 0.504 e. The van der Waals surface area contributed by atoms with E-state index in [1.165, 1.54) is 35.7 Å². The molecule has 1 aliphatic rings. The van der Waals surface area contributed by atoms with Crippen LogP contribution >= 0.6 is 0 Å². The van der Waals surface area contributed by atoms with Gasteiger partial charge >= 0.3 is 0 Å². The number of hydrogen-bond acceptors (Lipinski definition) is 7. The molecule has 9 nitrogen and oxygen atoms in total. The number of aromatic hydroxyl groups is 1. The molecule has 1 heterocycles. The van der Waals surface area contributed by atoms with Crippen LogP contribution < -0.4 is 10.1 Å². The summed E-state index contributed by atoms with van der Waals surface area (Å²) in [6, 6.07) is 8.27. The number of phenolic OH excluding ortho intramolecular Hbond substituents is 1. The van der Waals surface area contributed by atoms with Gasteiger partial charge in [-0.2, -0.15) is 4.31 Å². The molecule has 29 heavy (non-hydrogen) atoms. The fourth-order valence-electron chi connectivity index (χ4n) is 3.28. The normalized spacial score (nSPS) is 15.5. The molecule has 2 N–H and O–H groups in total. The van der Waals surface area contributed by atoms with Gasteiger partial charge in [0.05, 0.1) is 16.9 Å². The molecule has 1 saturated heterocycles. The van der Waals surface area contributed by atoms with Gasteiger partial charge in [0.1, 0.15) is 5.69 Å². The van der Waals surface area contributed by atoms with E-state index < -0.39 is 14.9 Å². The lowest BCUT2D eigenvalue weighted by Crippen LogP contribution is -2.32. The van der Waals surface area contributed by atoms with E-state index in [1.54, 1.807) is 6.07 Å². The van der Waals surface area contributed by atoms with Crippen molar-refractivity contribution in [3.05, 3.63) is 46.5 Å². The maximum absolute atomic E-state index is 12.9. The van der Waals surface area contributed by atoms with Crippen molar-refractivity contribution < 1.29 is 23.2 Å². The van der Waals surface area contributed by atoms with Crippen molar-refractivity contribution in [2.24, 2.45) is 0 Å². The quantitative estimate of drug-likeness (QED) is 0.539. The first kappa shape index (κ1) is 20.9. The average molecular weight is 421 g/mol. The number of nitro benzene ring substituents is 1. The van der Waals surface area contributed by atoms with Crippen LogP contribution in [0.25, 0.3) is 0 Å². The molecule has 1 aliphatic heterocycles. The van der Waals surface area contributed by atoms with E-state index in [-0.39, 0.29) is 27.8 Å². The van der Waals surface area contributed by atoms with Crippen LogP contribution in [0.4, 0.5) is 17.1 Å². The van der Waals surface area contributed by atoms with Crippen molar-refractivity contribution in [3.63, 3.8) is 0 Å². The van der Waals surface area contributed by atoms with Gasteiger partial charge < -0.3 is 15.2 Å². The Balaban J connectivity index is 1.93. The summed E-state index contributed by atoms with van der Waals surface area (Å²) >= 11 is 0. The Kier molecular flexibility index (Phi) is 6.23. The lowest BCUT2D eigenvalue weighted by molar-refractivity contribution is -0.384. The molecule has 10 heteroatoms. The molecule has 2 aromatic carbocycles. The highest BCUT2D eigenvalue weighted by Crippen LogP contribution is 2.34. The molecule has 0 atom stereocenters. The number of nitro groups is 1. The third-order valence-corrected chi connectivity index (χ3v) is 6.72. The Morgan fingerprint density at radius 2 is 1.79 bits per heavy atom. The molecule has 2 aromatic rings. The summed E-state index contributed by atoms with van der Waals surface area (Å²) in [6.07, 6.45) is 3.51. The Bertz CT molecular complexity index is 1000. The molecular formula is C19H23N3O6S. The summed E-state index contributed by atoms with van der Waals surface area (Å²) in [4.78, 5) is 10.8. The number of nitrogens with zero attached hydrogens (tertiary/aromatic N) is 2. The van der Waals surface area contributed by atoms with E-state index >= 15 is 0 Å². The van der Waals surface area contributed by atoms with Crippen LogP contribution in [0.2, 0.25) is 0 Å². The predicted molar refractivity (Wildman–Crippen MR) is 108 cm³/mol. The van der Waals surface area contributed by atoms with Gasteiger partial charge in [-0.25, -0.2) is 8.42 Å². The number of ether oxygens (including phenoxy) is 1. The van der Waals surface area contributed by atoms with Gasteiger partial charge in [-0.15, -0.1) is 0 Å². The van der Waals surface area contributed by atoms with Crippen LogP contribution in [0.1, 0.15) is 25.7 Å². The molecule has 0 aromatic heterocycles. The van der Waals surface area contributed by atoms with Crippen LogP contribution in [-0.2, 0) is 10.0 Å². The maximum Gasteiger partial charge on any atom is 0.294 e. The SMILES string of the molecule is COc1ccc(Nc2ccc(S(=O)(=O)N3CCCCCC3)cc2[N+](=O)[O-])cc1O. The minimum Gasteiger partial charge on any atom is -0.504 e. The van der Waals surface area contributed by atoms with Gasteiger partial charge in [0.2, 0.25) is 10.0 Å². The van der Waals surface area contributed by atoms with Crippen molar-refractivity contribution in [2.75, 3.05) is 25.5 Å². The number of benzene rings is 2. The average Bonchev–Trinajstić information content (AvgIpc) is 2.98. The lowest BCUT2D eigenvalue weighted by atomic mass is 10.2. The van der Waals surface area contributed by atoms with Crippen molar-refractivity contribution in [2.45, 2.75) is 30.6 Å². The highest BCUT2D eigenvalue weighted by molar-refractivity contribution is 7.89. The number of nitrogens with one attached hydrogen (secondary N) is 1. The first-order valence-corrected chi connectivity index (χ1v) is 10.7. The van der Waals surface area contributed by atoms with E-state index in [4.69, 9.17) is 4.74 Å². The summed E-state index contributed by atoms with van der Waals surface area (Å²) < 4.78 is 32.2. The zero-order valence-corrected chi connectivity index (χ0v) is 16.8. The molecule has 0 amide bonds. The summed E-state index contributed by atoms with van der Waals surface area (Å²) in [6.45, 7) is 0.836. The highest BCUT2D eigenvalue weighted by Gasteiger charge is 2.28. The Morgan fingerprint density at radius 3 is 2.38 bits per heavy atom. The highest BCUT2D eigenvalue weighted by atomic mass is 32.2. The number of anilines is 2. The second-order valence-corrected chi connectivity index (χ2v) is 8.70. The monoisotopic (exact) mass is 421 g/mol. The van der Waals surface area contributed by atoms with Crippen molar-refractivity contribution >= 4 is 27.1 Å². The third kappa shape index (κ3) is 4.60. The van der Waals surface area contributed by atoms with Gasteiger partial charge in [0, 0.05) is 30.9 Å². The van der Waals surface area contributed by atoms with Crippen LogP contribution in [0.5, 0.6) is 11.5 Å². The predicted octanol–water partition coefficient (Wildman–Crippen LogP) is 3.62. The van der Waals surface area contributed by atoms with Crippen LogP contribution in [0, 0.1) is 10.1 Å².